The van der Waals surface area contributed by atoms with E-state index in [-0.39, 0.29) is 2.85 Å². The molecule has 1 fully saturated rings. The fraction of sp³-hybridized carbons (Fsp3) is 0.304. The van der Waals surface area contributed by atoms with Crippen LogP contribution in [0.15, 0.2) is 65.7 Å². The van der Waals surface area contributed by atoms with Gasteiger partial charge in [-0.25, -0.2) is 18.4 Å². The summed E-state index contributed by atoms with van der Waals surface area (Å²) in [5, 5.41) is -0.462. The Morgan fingerprint density at radius 2 is 1.55 bits per heavy atom. The van der Waals surface area contributed by atoms with Gasteiger partial charge in [-0.3, -0.25) is 0 Å². The average molecular weight is 442 g/mol. The normalized spacial score (nSPS) is 14.8. The van der Waals surface area contributed by atoms with Crippen molar-refractivity contribution in [1.82, 2.24) is 9.97 Å². The molecule has 0 spiro atoms. The molecule has 4 rings (SSSR count). The zero-order chi connectivity index (χ0) is 22.0. The molecule has 166 valence electrons. The number of benzene rings is 2. The molecule has 0 aliphatic carbocycles. The van der Waals surface area contributed by atoms with Crippen molar-refractivity contribution in [3.05, 3.63) is 60.8 Å². The highest BCUT2D eigenvalue weighted by Crippen LogP contribution is 2.27. The third-order valence-electron chi connectivity index (χ3n) is 5.58. The lowest BCUT2D eigenvalue weighted by molar-refractivity contribution is 0.587. The number of hydrogen-bond donors (Lipinski definition) is 1. The zero-order valence-electron chi connectivity index (χ0n) is 17.8. The molecule has 0 atom stereocenters. The Balaban J connectivity index is 0.00000193. The number of anilines is 3. The number of sulfone groups is 1. The first-order valence-electron chi connectivity index (χ1n) is 10.4. The maximum Gasteiger partial charge on any atom is 0.180 e. The van der Waals surface area contributed by atoms with Crippen LogP contribution in [0.25, 0.3) is 11.3 Å². The Hall–Kier alpha value is -3.13. The Morgan fingerprint density at radius 3 is 2.16 bits per heavy atom. The predicted octanol–water partition coefficient (Wildman–Crippen LogP) is 3.73. The summed E-state index contributed by atoms with van der Waals surface area (Å²) < 4.78 is 24.7. The quantitative estimate of drug-likeness (QED) is 0.645. The second-order valence-corrected chi connectivity index (χ2v) is 10.4. The van der Waals surface area contributed by atoms with Gasteiger partial charge in [0.1, 0.15) is 0 Å². The van der Waals surface area contributed by atoms with Gasteiger partial charge in [-0.15, -0.1) is 0 Å². The van der Waals surface area contributed by atoms with Crippen molar-refractivity contribution < 1.29 is 11.3 Å². The van der Waals surface area contributed by atoms with Crippen LogP contribution in [0.3, 0.4) is 0 Å². The summed E-state index contributed by atoms with van der Waals surface area (Å²) in [7, 11) is -3.30. The topological polar surface area (TPSA) is 92.4 Å². The molecular formula is C23H31N5O2S. The van der Waals surface area contributed by atoms with E-state index in [1.807, 2.05) is 18.2 Å². The fourth-order valence-corrected chi connectivity index (χ4v) is 4.72. The highest BCUT2D eigenvalue weighted by molar-refractivity contribution is 7.92. The van der Waals surface area contributed by atoms with Gasteiger partial charge in [0, 0.05) is 40.3 Å². The lowest BCUT2D eigenvalue weighted by Crippen LogP contribution is -2.47. The van der Waals surface area contributed by atoms with E-state index >= 15 is 0 Å². The second kappa shape index (κ2) is 8.55. The van der Waals surface area contributed by atoms with Crippen molar-refractivity contribution in [2.45, 2.75) is 24.0 Å². The van der Waals surface area contributed by atoms with Crippen molar-refractivity contribution in [3.8, 4) is 11.3 Å². The number of piperazine rings is 1. The van der Waals surface area contributed by atoms with Gasteiger partial charge in [0.15, 0.2) is 21.5 Å². The third kappa shape index (κ3) is 4.34. The number of nitrogen functional groups attached to an aromatic ring is 1. The molecule has 2 aromatic carbocycles. The Labute approximate surface area is 186 Å². The molecule has 31 heavy (non-hydrogen) atoms. The Morgan fingerprint density at radius 1 is 0.935 bits per heavy atom. The first-order chi connectivity index (χ1) is 14.9. The molecule has 2 N–H and O–H groups in total. The van der Waals surface area contributed by atoms with Crippen LogP contribution in [0.2, 0.25) is 0 Å². The lowest BCUT2D eigenvalue weighted by Gasteiger charge is -2.37. The molecule has 2 heterocycles. The number of nitrogens with zero attached hydrogens (tertiary/aromatic N) is 4. The number of hydrogen-bond acceptors (Lipinski definition) is 7. The lowest BCUT2D eigenvalue weighted by atomic mass is 10.1. The van der Waals surface area contributed by atoms with E-state index < -0.39 is 15.1 Å². The molecule has 1 saturated heterocycles. The highest BCUT2D eigenvalue weighted by atomic mass is 32.2. The van der Waals surface area contributed by atoms with Crippen molar-refractivity contribution in [2.24, 2.45) is 0 Å². The first kappa shape index (κ1) is 21.1. The van der Waals surface area contributed by atoms with Gasteiger partial charge in [0.2, 0.25) is 0 Å². The van der Waals surface area contributed by atoms with Crippen LogP contribution in [-0.2, 0) is 9.84 Å². The summed E-state index contributed by atoms with van der Waals surface area (Å²) in [5.74, 6) is 1.07. The molecule has 7 nitrogen and oxygen atoms in total. The molecule has 8 heteroatoms. The summed E-state index contributed by atoms with van der Waals surface area (Å²) in [6.45, 7) is 6.69. The SMILES string of the molecule is CC(C)S(=O)(=O)c1ccc(-c2cnc(N)c(N3CCN(c4ccccc4)CC3)n2)cc1.[HH].[HH]. The van der Waals surface area contributed by atoms with Crippen LogP contribution in [0.1, 0.15) is 16.7 Å². The van der Waals surface area contributed by atoms with E-state index in [1.165, 1.54) is 5.69 Å². The smallest absolute Gasteiger partial charge is 0.180 e. The van der Waals surface area contributed by atoms with E-state index in [1.54, 1.807) is 44.3 Å². The summed E-state index contributed by atoms with van der Waals surface area (Å²) in [6, 6.07) is 17.1. The molecule has 1 aromatic heterocycles. The summed E-state index contributed by atoms with van der Waals surface area (Å²) in [6.07, 6.45) is 1.63. The molecule has 0 unspecified atom stereocenters. The second-order valence-electron chi connectivity index (χ2n) is 7.89. The molecule has 1 aliphatic rings. The van der Waals surface area contributed by atoms with Gasteiger partial charge in [-0.1, -0.05) is 30.3 Å². The molecule has 1 aliphatic heterocycles. The van der Waals surface area contributed by atoms with Crippen LogP contribution in [0, 0.1) is 0 Å². The van der Waals surface area contributed by atoms with E-state index in [0.29, 0.717) is 22.2 Å². The number of nitrogens with two attached hydrogens (primary N) is 1. The third-order valence-corrected chi connectivity index (χ3v) is 7.75. The van der Waals surface area contributed by atoms with Crippen LogP contribution in [0.4, 0.5) is 17.3 Å². The molecule has 0 radical (unpaired) electrons. The summed E-state index contributed by atoms with van der Waals surface area (Å²) in [5.41, 5.74) is 8.84. The van der Waals surface area contributed by atoms with Crippen molar-refractivity contribution in [2.75, 3.05) is 41.7 Å². The van der Waals surface area contributed by atoms with Gasteiger partial charge in [0.25, 0.3) is 0 Å². The minimum atomic E-state index is -3.30. The zero-order valence-corrected chi connectivity index (χ0v) is 18.6. The van der Waals surface area contributed by atoms with Gasteiger partial charge in [-0.2, -0.15) is 0 Å². The van der Waals surface area contributed by atoms with E-state index in [9.17, 15) is 8.42 Å². The largest absolute Gasteiger partial charge is 0.381 e. The van der Waals surface area contributed by atoms with E-state index in [2.05, 4.69) is 26.9 Å². The van der Waals surface area contributed by atoms with Gasteiger partial charge < -0.3 is 15.5 Å². The highest BCUT2D eigenvalue weighted by Gasteiger charge is 2.22. The van der Waals surface area contributed by atoms with Crippen LogP contribution < -0.4 is 15.5 Å². The first-order valence-corrected chi connectivity index (χ1v) is 11.9. The van der Waals surface area contributed by atoms with Crippen LogP contribution in [0.5, 0.6) is 0 Å². The molecule has 0 saturated carbocycles. The molecule has 0 amide bonds. The minimum Gasteiger partial charge on any atom is -0.381 e. The Bertz CT molecular complexity index is 1150. The van der Waals surface area contributed by atoms with Gasteiger partial charge >= 0.3 is 0 Å². The van der Waals surface area contributed by atoms with Gasteiger partial charge in [-0.05, 0) is 38.1 Å². The number of rotatable bonds is 5. The number of aromatic nitrogens is 2. The van der Waals surface area contributed by atoms with E-state index in [4.69, 9.17) is 10.7 Å². The maximum atomic E-state index is 12.4. The molecule has 0 bridgehead atoms. The summed E-state index contributed by atoms with van der Waals surface area (Å²) >= 11 is 0. The van der Waals surface area contributed by atoms with E-state index in [0.717, 1.165) is 31.7 Å². The predicted molar refractivity (Wildman–Crippen MR) is 129 cm³/mol. The number of para-hydroxylation sites is 1. The van der Waals surface area contributed by atoms with Gasteiger partial charge in [0.05, 0.1) is 22.0 Å². The molecule has 3 aromatic rings. The minimum absolute atomic E-state index is 0. The fourth-order valence-electron chi connectivity index (χ4n) is 3.66. The molecular weight excluding hydrogens is 410 g/mol. The Kier molecular flexibility index (Phi) is 5.82. The van der Waals surface area contributed by atoms with Crippen LogP contribution >= 0.6 is 0 Å². The van der Waals surface area contributed by atoms with Crippen LogP contribution in [-0.4, -0.2) is 49.8 Å². The van der Waals surface area contributed by atoms with Crippen molar-refractivity contribution >= 4 is 27.2 Å². The average Bonchev–Trinajstić information content (AvgIpc) is 2.80. The standard InChI is InChI=1S/C23H27N5O2S.2H2/c1-17(2)31(29,30)20-10-8-18(9-11-20)21-16-25-22(24)23(26-21)28-14-12-27(13-15-28)19-6-4-3-5-7-19;;/h3-11,16-17H,12-15H2,1-2H3,(H2,24,25);2*1H. The monoisotopic (exact) mass is 441 g/mol. The van der Waals surface area contributed by atoms with Crippen molar-refractivity contribution in [1.29, 1.82) is 0 Å². The summed E-state index contributed by atoms with van der Waals surface area (Å²) in [4.78, 5) is 13.9. The maximum absolute atomic E-state index is 12.4. The van der Waals surface area contributed by atoms with Crippen molar-refractivity contribution in [3.63, 3.8) is 0 Å².